The van der Waals surface area contributed by atoms with E-state index in [4.69, 9.17) is 0 Å². The zero-order chi connectivity index (χ0) is 16.9. The van der Waals surface area contributed by atoms with Gasteiger partial charge in [0.1, 0.15) is 0 Å². The minimum atomic E-state index is 1.07. The molecule has 3 rings (SSSR count). The lowest BCUT2D eigenvalue weighted by molar-refractivity contribution is 0.769. The maximum absolute atomic E-state index is 2.47. The average Bonchev–Trinajstić information content (AvgIpc) is 2.96. The molecule has 0 fully saturated rings. The van der Waals surface area contributed by atoms with Gasteiger partial charge in [-0.3, -0.25) is 0 Å². The van der Waals surface area contributed by atoms with Gasteiger partial charge in [-0.1, -0.05) is 48.6 Å². The van der Waals surface area contributed by atoms with Crippen molar-refractivity contribution in [2.45, 2.75) is 26.7 Å². The van der Waals surface area contributed by atoms with Crippen LogP contribution < -0.4 is 4.90 Å². The largest absolute Gasteiger partial charge is 0.356 e. The van der Waals surface area contributed by atoms with Crippen LogP contribution in [-0.2, 0) is 13.5 Å². The van der Waals surface area contributed by atoms with E-state index in [9.17, 15) is 0 Å². The lowest BCUT2D eigenvalue weighted by Crippen LogP contribution is -2.27. The highest BCUT2D eigenvalue weighted by atomic mass is 15.2. The molecule has 0 N–H and O–H groups in total. The minimum absolute atomic E-state index is 1.07. The van der Waals surface area contributed by atoms with Crippen molar-refractivity contribution in [3.05, 3.63) is 77.7 Å². The van der Waals surface area contributed by atoms with Crippen LogP contribution in [0.25, 0.3) is 11.8 Å². The van der Waals surface area contributed by atoms with E-state index >= 15 is 0 Å². The summed E-state index contributed by atoms with van der Waals surface area (Å²) in [5.41, 5.74) is 6.64. The molecular weight excluding hydrogens is 292 g/mol. The molecule has 0 amide bonds. The molecule has 0 saturated carbocycles. The maximum Gasteiger partial charge on any atom is 0.0462 e. The molecular formula is C22H26N2. The Bertz CT molecular complexity index is 790. The van der Waals surface area contributed by atoms with Crippen molar-refractivity contribution in [3.8, 4) is 0 Å². The molecule has 2 heterocycles. The van der Waals surface area contributed by atoms with Gasteiger partial charge in [0.15, 0.2) is 0 Å². The molecule has 124 valence electrons. The third-order valence-corrected chi connectivity index (χ3v) is 4.52. The number of rotatable bonds is 4. The van der Waals surface area contributed by atoms with E-state index in [1.165, 1.54) is 40.9 Å². The summed E-state index contributed by atoms with van der Waals surface area (Å²) in [5, 5.41) is 0. The van der Waals surface area contributed by atoms with Crippen molar-refractivity contribution >= 4 is 17.5 Å². The monoisotopic (exact) mass is 318 g/mol. The quantitative estimate of drug-likeness (QED) is 0.683. The van der Waals surface area contributed by atoms with Gasteiger partial charge in [0.2, 0.25) is 0 Å². The number of allylic oxidation sites excluding steroid dienone is 4. The third-order valence-electron chi connectivity index (χ3n) is 4.52. The second kappa shape index (κ2) is 7.39. The first-order valence-electron chi connectivity index (χ1n) is 8.72. The van der Waals surface area contributed by atoms with Gasteiger partial charge in [-0.2, -0.15) is 0 Å². The molecule has 24 heavy (non-hydrogen) atoms. The number of aryl methyl sites for hydroxylation is 2. The Labute approximate surface area is 145 Å². The van der Waals surface area contributed by atoms with Gasteiger partial charge >= 0.3 is 0 Å². The summed E-state index contributed by atoms with van der Waals surface area (Å²) >= 11 is 0. The van der Waals surface area contributed by atoms with Gasteiger partial charge in [-0.05, 0) is 38.3 Å². The normalized spacial score (nSPS) is 15.5. The van der Waals surface area contributed by atoms with Gasteiger partial charge in [0.05, 0.1) is 0 Å². The van der Waals surface area contributed by atoms with Crippen LogP contribution in [0.5, 0.6) is 0 Å². The molecule has 0 unspecified atom stereocenters. The van der Waals surface area contributed by atoms with Gasteiger partial charge in [0.25, 0.3) is 0 Å². The van der Waals surface area contributed by atoms with E-state index in [0.29, 0.717) is 0 Å². The fraction of sp³-hybridized carbons (Fsp3) is 0.273. The highest BCUT2D eigenvalue weighted by molar-refractivity contribution is 5.85. The Morgan fingerprint density at radius 1 is 1.08 bits per heavy atom. The molecule has 1 aliphatic heterocycles. The number of para-hydroxylation sites is 1. The Balaban J connectivity index is 2.03. The summed E-state index contributed by atoms with van der Waals surface area (Å²) < 4.78 is 2.14. The summed E-state index contributed by atoms with van der Waals surface area (Å²) in [7, 11) is 2.09. The number of hydrogen-bond acceptors (Lipinski definition) is 1. The fourth-order valence-corrected chi connectivity index (χ4v) is 3.46. The van der Waals surface area contributed by atoms with Crippen LogP contribution in [0.2, 0.25) is 0 Å². The molecule has 0 spiro atoms. The SMILES string of the molecule is CC=C(c1cn(C)cc1/C=C\C=C/C)N1CCCc2ccccc21. The number of fused-ring (bicyclic) bond motifs is 1. The second-order valence-electron chi connectivity index (χ2n) is 6.24. The van der Waals surface area contributed by atoms with Gasteiger partial charge < -0.3 is 9.47 Å². The minimum Gasteiger partial charge on any atom is -0.356 e. The summed E-state index contributed by atoms with van der Waals surface area (Å²) in [5.74, 6) is 0. The zero-order valence-electron chi connectivity index (χ0n) is 14.9. The van der Waals surface area contributed by atoms with Crippen LogP contribution in [0.3, 0.4) is 0 Å². The standard InChI is InChI=1S/C22H26N2/c1-4-6-7-12-19-16-23(3)17-20(19)21(5-2)24-15-10-13-18-11-8-9-14-22(18)24/h4-9,11-12,14,16-17H,10,13,15H2,1-3H3/b6-4-,12-7-,21-5?. The first kappa shape index (κ1) is 16.4. The molecule has 0 atom stereocenters. The summed E-state index contributed by atoms with van der Waals surface area (Å²) in [4.78, 5) is 2.47. The Kier molecular flexibility index (Phi) is 5.05. The lowest BCUT2D eigenvalue weighted by Gasteiger charge is -2.33. The summed E-state index contributed by atoms with van der Waals surface area (Å²) in [6.45, 7) is 5.25. The van der Waals surface area contributed by atoms with Crippen molar-refractivity contribution in [2.75, 3.05) is 11.4 Å². The maximum atomic E-state index is 2.47. The average molecular weight is 318 g/mol. The fourth-order valence-electron chi connectivity index (χ4n) is 3.46. The van der Waals surface area contributed by atoms with E-state index in [0.717, 1.165) is 6.54 Å². The van der Waals surface area contributed by atoms with Crippen molar-refractivity contribution in [1.82, 2.24) is 4.57 Å². The van der Waals surface area contributed by atoms with Crippen molar-refractivity contribution < 1.29 is 0 Å². The lowest BCUT2D eigenvalue weighted by atomic mass is 9.99. The molecule has 0 saturated heterocycles. The number of nitrogens with zero attached hydrogens (tertiary/aromatic N) is 2. The van der Waals surface area contributed by atoms with E-state index in [1.54, 1.807) is 0 Å². The number of hydrogen-bond donors (Lipinski definition) is 0. The Hall–Kier alpha value is -2.48. The Morgan fingerprint density at radius 3 is 2.71 bits per heavy atom. The molecule has 2 heteroatoms. The molecule has 1 aromatic carbocycles. The Morgan fingerprint density at radius 2 is 1.92 bits per heavy atom. The van der Waals surface area contributed by atoms with E-state index in [-0.39, 0.29) is 0 Å². The first-order chi connectivity index (χ1) is 11.7. The van der Waals surface area contributed by atoms with Crippen molar-refractivity contribution in [2.24, 2.45) is 7.05 Å². The molecule has 1 aromatic heterocycles. The predicted molar refractivity (Wildman–Crippen MR) is 105 cm³/mol. The van der Waals surface area contributed by atoms with Gasteiger partial charge in [0, 0.05) is 48.5 Å². The second-order valence-corrected chi connectivity index (χ2v) is 6.24. The van der Waals surface area contributed by atoms with E-state index < -0.39 is 0 Å². The van der Waals surface area contributed by atoms with Gasteiger partial charge in [-0.25, -0.2) is 0 Å². The summed E-state index contributed by atoms with van der Waals surface area (Å²) in [6.07, 6.45) is 17.4. The highest BCUT2D eigenvalue weighted by Crippen LogP contribution is 2.35. The molecule has 2 nitrogen and oxygen atoms in total. The molecule has 0 radical (unpaired) electrons. The molecule has 1 aliphatic rings. The van der Waals surface area contributed by atoms with Crippen LogP contribution in [0, 0.1) is 0 Å². The molecule has 0 bridgehead atoms. The van der Waals surface area contributed by atoms with Crippen molar-refractivity contribution in [3.63, 3.8) is 0 Å². The topological polar surface area (TPSA) is 8.17 Å². The predicted octanol–water partition coefficient (Wildman–Crippen LogP) is 5.43. The van der Waals surface area contributed by atoms with Crippen LogP contribution >= 0.6 is 0 Å². The summed E-state index contributed by atoms with van der Waals surface area (Å²) in [6, 6.07) is 8.79. The van der Waals surface area contributed by atoms with Crippen molar-refractivity contribution in [1.29, 1.82) is 0 Å². The van der Waals surface area contributed by atoms with Crippen LogP contribution in [0.4, 0.5) is 5.69 Å². The third kappa shape index (κ3) is 3.23. The smallest absolute Gasteiger partial charge is 0.0462 e. The van der Waals surface area contributed by atoms with Crippen LogP contribution in [0.15, 0.2) is 61.0 Å². The highest BCUT2D eigenvalue weighted by Gasteiger charge is 2.21. The first-order valence-corrected chi connectivity index (χ1v) is 8.72. The number of benzene rings is 1. The molecule has 2 aromatic rings. The molecule has 0 aliphatic carbocycles. The number of aromatic nitrogens is 1. The van der Waals surface area contributed by atoms with E-state index in [2.05, 4.69) is 90.5 Å². The van der Waals surface area contributed by atoms with E-state index in [1.807, 2.05) is 6.92 Å². The van der Waals surface area contributed by atoms with Crippen LogP contribution in [0.1, 0.15) is 37.0 Å². The van der Waals surface area contributed by atoms with Gasteiger partial charge in [-0.15, -0.1) is 0 Å². The number of anilines is 1. The zero-order valence-corrected chi connectivity index (χ0v) is 14.9. The van der Waals surface area contributed by atoms with Crippen LogP contribution in [-0.4, -0.2) is 11.1 Å².